The first-order valence-corrected chi connectivity index (χ1v) is 23.7. The van der Waals surface area contributed by atoms with Crippen LogP contribution in [-0.2, 0) is 0 Å². The van der Waals surface area contributed by atoms with Gasteiger partial charge in [0.05, 0.1) is 11.0 Å². The van der Waals surface area contributed by atoms with Gasteiger partial charge in [0.25, 0.3) is 0 Å². The molecule has 0 radical (unpaired) electrons. The van der Waals surface area contributed by atoms with Crippen molar-refractivity contribution in [3.05, 3.63) is 255 Å². The summed E-state index contributed by atoms with van der Waals surface area (Å²) < 4.78 is 8.73. The maximum Gasteiger partial charge on any atom is 0.136 e. The van der Waals surface area contributed by atoms with Crippen LogP contribution in [0, 0.1) is 0 Å². The Hall–Kier alpha value is -9.18. The normalized spacial score (nSPS) is 11.8. The van der Waals surface area contributed by atoms with Crippen molar-refractivity contribution in [3.63, 3.8) is 0 Å². The molecule has 322 valence electrons. The van der Waals surface area contributed by atoms with Gasteiger partial charge in [-0.05, 0) is 133 Å². The number of furan rings is 1. The Balaban J connectivity index is 0.886. The minimum atomic E-state index is 0.896. The van der Waals surface area contributed by atoms with Gasteiger partial charge in [-0.1, -0.05) is 182 Å². The number of nitrogens with zero attached hydrogens (tertiary/aromatic N) is 2. The van der Waals surface area contributed by atoms with Crippen LogP contribution in [0.5, 0.6) is 0 Å². The molecule has 0 aliphatic carbocycles. The molecule has 3 nitrogen and oxygen atoms in total. The fourth-order valence-electron chi connectivity index (χ4n) is 10.9. The predicted octanol–water partition coefficient (Wildman–Crippen LogP) is 18.6. The molecule has 0 N–H and O–H groups in total. The second-order valence-corrected chi connectivity index (χ2v) is 18.0. The molecule has 14 aromatic rings. The Bertz CT molecular complexity index is 4280. The number of anilines is 3. The lowest BCUT2D eigenvalue weighted by molar-refractivity contribution is 0.669. The fraction of sp³-hybridized carbons (Fsp3) is 0. The average molecular weight is 879 g/mol. The van der Waals surface area contributed by atoms with Crippen molar-refractivity contribution < 1.29 is 4.42 Å². The van der Waals surface area contributed by atoms with Gasteiger partial charge in [-0.2, -0.15) is 0 Å². The van der Waals surface area contributed by atoms with Gasteiger partial charge in [0.2, 0.25) is 0 Å². The summed E-state index contributed by atoms with van der Waals surface area (Å²) in [6.45, 7) is 0. The van der Waals surface area contributed by atoms with Crippen LogP contribution in [-0.4, -0.2) is 4.57 Å². The summed E-state index contributed by atoms with van der Waals surface area (Å²) >= 11 is 0. The summed E-state index contributed by atoms with van der Waals surface area (Å²) in [5, 5.41) is 12.3. The van der Waals surface area contributed by atoms with E-state index in [4.69, 9.17) is 4.42 Å². The Morgan fingerprint density at radius 2 is 0.855 bits per heavy atom. The number of rotatable bonds is 7. The second-order valence-electron chi connectivity index (χ2n) is 18.0. The monoisotopic (exact) mass is 878 g/mol. The van der Waals surface area contributed by atoms with Gasteiger partial charge in [0.1, 0.15) is 11.2 Å². The Morgan fingerprint density at radius 3 is 1.59 bits per heavy atom. The molecule has 0 saturated carbocycles. The SMILES string of the molecule is c1ccc(-n2c3cc(-c4ccc(N(c5ccc(-c6cc7ccccc7c7ccccc67)cc5)c5ccc(-c6cccc7oc8ccccc8c67)cc5)cc4)ccc3c3ccc4ccccc4c32)cc1. The zero-order chi connectivity index (χ0) is 45.4. The number of benzene rings is 12. The van der Waals surface area contributed by atoms with Crippen LogP contribution in [0.2, 0.25) is 0 Å². The van der Waals surface area contributed by atoms with Gasteiger partial charge in [-0.3, -0.25) is 0 Å². The predicted molar refractivity (Wildman–Crippen MR) is 292 cm³/mol. The van der Waals surface area contributed by atoms with E-state index in [2.05, 4.69) is 252 Å². The third-order valence-corrected chi connectivity index (χ3v) is 14.2. The lowest BCUT2D eigenvalue weighted by Crippen LogP contribution is -2.09. The zero-order valence-electron chi connectivity index (χ0n) is 37.6. The zero-order valence-corrected chi connectivity index (χ0v) is 37.6. The highest BCUT2D eigenvalue weighted by molar-refractivity contribution is 6.19. The molecule has 0 aliphatic rings. The van der Waals surface area contributed by atoms with Gasteiger partial charge >= 0.3 is 0 Å². The van der Waals surface area contributed by atoms with E-state index in [0.717, 1.165) is 61.4 Å². The van der Waals surface area contributed by atoms with Gasteiger partial charge in [0.15, 0.2) is 0 Å². The van der Waals surface area contributed by atoms with Crippen LogP contribution in [0.4, 0.5) is 17.1 Å². The average Bonchev–Trinajstić information content (AvgIpc) is 3.98. The molecule has 0 aliphatic heterocycles. The molecule has 0 spiro atoms. The molecule has 0 fully saturated rings. The van der Waals surface area contributed by atoms with Crippen molar-refractivity contribution in [2.75, 3.05) is 4.90 Å². The molecule has 14 rings (SSSR count). The van der Waals surface area contributed by atoms with Crippen LogP contribution in [0.1, 0.15) is 0 Å². The van der Waals surface area contributed by atoms with E-state index in [1.165, 1.54) is 70.8 Å². The van der Waals surface area contributed by atoms with Gasteiger partial charge in [-0.15, -0.1) is 0 Å². The molecule has 2 aromatic heterocycles. The van der Waals surface area contributed by atoms with E-state index in [-0.39, 0.29) is 0 Å². The van der Waals surface area contributed by atoms with Crippen molar-refractivity contribution in [2.24, 2.45) is 0 Å². The summed E-state index contributed by atoms with van der Waals surface area (Å²) in [4.78, 5) is 2.37. The van der Waals surface area contributed by atoms with Crippen LogP contribution in [0.3, 0.4) is 0 Å². The van der Waals surface area contributed by atoms with Gasteiger partial charge < -0.3 is 13.9 Å². The first-order valence-electron chi connectivity index (χ1n) is 23.7. The van der Waals surface area contributed by atoms with E-state index in [1.807, 2.05) is 12.1 Å². The van der Waals surface area contributed by atoms with Gasteiger partial charge in [0, 0.05) is 49.7 Å². The lowest BCUT2D eigenvalue weighted by Gasteiger charge is -2.26. The molecule has 12 aromatic carbocycles. The number of fused-ring (bicyclic) bond motifs is 11. The number of hydrogen-bond donors (Lipinski definition) is 0. The van der Waals surface area contributed by atoms with Crippen LogP contribution in [0.15, 0.2) is 259 Å². The van der Waals surface area contributed by atoms with E-state index >= 15 is 0 Å². The number of aromatic nitrogens is 1. The molecular weight excluding hydrogens is 837 g/mol. The maximum absolute atomic E-state index is 6.29. The number of para-hydroxylation sites is 2. The summed E-state index contributed by atoms with van der Waals surface area (Å²) in [6, 6.07) is 92.5. The quantitative estimate of drug-likeness (QED) is 0.149. The minimum Gasteiger partial charge on any atom is -0.456 e. The minimum absolute atomic E-state index is 0.896. The molecule has 0 amide bonds. The third-order valence-electron chi connectivity index (χ3n) is 14.2. The summed E-state index contributed by atoms with van der Waals surface area (Å²) in [6.07, 6.45) is 0. The van der Waals surface area contributed by atoms with Crippen molar-refractivity contribution in [1.82, 2.24) is 4.57 Å². The molecule has 3 heteroatoms. The smallest absolute Gasteiger partial charge is 0.136 e. The highest BCUT2D eigenvalue weighted by atomic mass is 16.3. The second kappa shape index (κ2) is 15.7. The van der Waals surface area contributed by atoms with E-state index in [9.17, 15) is 0 Å². The Labute approximate surface area is 399 Å². The molecule has 69 heavy (non-hydrogen) atoms. The summed E-state index contributed by atoms with van der Waals surface area (Å²) in [7, 11) is 0. The van der Waals surface area contributed by atoms with Crippen molar-refractivity contribution in [3.8, 4) is 39.1 Å². The molecular formula is C66H42N2O. The number of hydrogen-bond acceptors (Lipinski definition) is 2. The topological polar surface area (TPSA) is 21.3 Å². The van der Waals surface area contributed by atoms with E-state index < -0.39 is 0 Å². The summed E-state index contributed by atoms with van der Waals surface area (Å²) in [5.41, 5.74) is 15.6. The van der Waals surface area contributed by atoms with Crippen molar-refractivity contribution in [1.29, 1.82) is 0 Å². The van der Waals surface area contributed by atoms with Crippen molar-refractivity contribution >= 4 is 93.1 Å². The largest absolute Gasteiger partial charge is 0.456 e. The molecule has 0 unspecified atom stereocenters. The van der Waals surface area contributed by atoms with Crippen molar-refractivity contribution in [2.45, 2.75) is 0 Å². The Morgan fingerprint density at radius 1 is 0.304 bits per heavy atom. The van der Waals surface area contributed by atoms with Gasteiger partial charge in [-0.25, -0.2) is 0 Å². The molecule has 0 saturated heterocycles. The fourth-order valence-corrected chi connectivity index (χ4v) is 10.9. The highest BCUT2D eigenvalue weighted by Crippen LogP contribution is 2.43. The highest BCUT2D eigenvalue weighted by Gasteiger charge is 2.19. The summed E-state index contributed by atoms with van der Waals surface area (Å²) in [5.74, 6) is 0. The first-order chi connectivity index (χ1) is 34.2. The standard InChI is InChI=1S/C66H42N2O/c1-2-15-49(16-3-1)68-62-42-47(32-39-58(62)59-40-31-44-13-4-7-18-55(44)66(59)68)43-25-33-50(34-26-43)67(51-35-27-45(28-36-51)54-22-12-24-64-65(54)60-21-10-11-23-63(60)69-64)52-37-29-46(30-38-52)61-41-48-14-5-6-17-53(48)56-19-8-9-20-57(56)61/h1-42H. The molecule has 0 atom stereocenters. The maximum atomic E-state index is 6.29. The lowest BCUT2D eigenvalue weighted by atomic mass is 9.93. The first kappa shape index (κ1) is 39.0. The van der Waals surface area contributed by atoms with Crippen LogP contribution < -0.4 is 4.90 Å². The van der Waals surface area contributed by atoms with E-state index in [1.54, 1.807) is 0 Å². The van der Waals surface area contributed by atoms with Crippen LogP contribution >= 0.6 is 0 Å². The molecule has 2 heterocycles. The third kappa shape index (κ3) is 6.36. The van der Waals surface area contributed by atoms with E-state index in [0.29, 0.717) is 0 Å². The Kier molecular flexibility index (Phi) is 8.90. The molecule has 0 bridgehead atoms. The van der Waals surface area contributed by atoms with Crippen LogP contribution in [0.25, 0.3) is 115 Å².